The van der Waals surface area contributed by atoms with E-state index in [4.69, 9.17) is 5.73 Å². The van der Waals surface area contributed by atoms with Crippen molar-refractivity contribution in [2.24, 2.45) is 0 Å². The zero-order valence-electron chi connectivity index (χ0n) is 10.3. The van der Waals surface area contributed by atoms with E-state index in [-0.39, 0.29) is 35.6 Å². The highest BCUT2D eigenvalue weighted by molar-refractivity contribution is 9.10. The maximum absolute atomic E-state index is 12.1. The molecule has 102 valence electrons. The minimum absolute atomic E-state index is 0.0102. The zero-order chi connectivity index (χ0) is 14.3. The summed E-state index contributed by atoms with van der Waals surface area (Å²) in [6.07, 6.45) is 0.206. The van der Waals surface area contributed by atoms with Crippen molar-refractivity contribution in [1.29, 1.82) is 0 Å². The first-order valence-corrected chi connectivity index (χ1v) is 6.79. The fourth-order valence-electron chi connectivity index (χ4n) is 2.40. The number of amides is 1. The Bertz CT molecular complexity index is 756. The number of carbonyl (C=O) groups is 1. The number of fused-ring (bicyclic) bond motifs is 1. The van der Waals surface area contributed by atoms with Crippen LogP contribution in [0, 0.1) is 0 Å². The summed E-state index contributed by atoms with van der Waals surface area (Å²) < 4.78 is 0.891. The van der Waals surface area contributed by atoms with Gasteiger partial charge in [0.2, 0.25) is 11.9 Å². The second-order valence-electron chi connectivity index (χ2n) is 4.57. The minimum atomic E-state index is -0.326. The van der Waals surface area contributed by atoms with Gasteiger partial charge in [-0.05, 0) is 17.7 Å². The first-order valence-electron chi connectivity index (χ1n) is 5.99. The van der Waals surface area contributed by atoms with Gasteiger partial charge in [0, 0.05) is 16.8 Å². The van der Waals surface area contributed by atoms with Crippen molar-refractivity contribution in [2.75, 3.05) is 11.1 Å². The van der Waals surface area contributed by atoms with Gasteiger partial charge in [-0.2, -0.15) is 4.98 Å². The highest BCUT2D eigenvalue weighted by Gasteiger charge is 2.30. The van der Waals surface area contributed by atoms with Gasteiger partial charge in [0.1, 0.15) is 5.82 Å². The average molecular weight is 335 g/mol. The molecule has 3 rings (SSSR count). The summed E-state index contributed by atoms with van der Waals surface area (Å²) in [6.45, 7) is 0. The minimum Gasteiger partial charge on any atom is -0.369 e. The highest BCUT2D eigenvalue weighted by Crippen LogP contribution is 2.34. The van der Waals surface area contributed by atoms with Gasteiger partial charge < -0.3 is 11.1 Å². The van der Waals surface area contributed by atoms with E-state index < -0.39 is 0 Å². The lowest BCUT2D eigenvalue weighted by molar-refractivity contribution is -0.116. The van der Waals surface area contributed by atoms with Gasteiger partial charge in [-0.15, -0.1) is 0 Å². The molecule has 20 heavy (non-hydrogen) atoms. The van der Waals surface area contributed by atoms with E-state index in [1.54, 1.807) is 0 Å². The molecular weight excluding hydrogens is 324 g/mol. The molecular formula is C13H11BrN4O2. The molecule has 0 aliphatic carbocycles. The Hall–Kier alpha value is -2.15. The third-order valence-corrected chi connectivity index (χ3v) is 3.71. The molecule has 0 saturated heterocycles. The van der Waals surface area contributed by atoms with Crippen molar-refractivity contribution in [3.8, 4) is 0 Å². The molecule has 0 fully saturated rings. The summed E-state index contributed by atoms with van der Waals surface area (Å²) in [5, 5.41) is 2.59. The van der Waals surface area contributed by atoms with Gasteiger partial charge in [-0.1, -0.05) is 28.1 Å². The monoisotopic (exact) mass is 334 g/mol. The molecule has 1 unspecified atom stereocenters. The number of hydrogen-bond acceptors (Lipinski definition) is 4. The molecule has 4 N–H and O–H groups in total. The van der Waals surface area contributed by atoms with Gasteiger partial charge in [-0.3, -0.25) is 14.6 Å². The fourth-order valence-corrected chi connectivity index (χ4v) is 2.81. The number of aromatic nitrogens is 2. The number of H-pyrrole nitrogens is 1. The van der Waals surface area contributed by atoms with Crippen LogP contribution in [0.1, 0.15) is 23.5 Å². The van der Waals surface area contributed by atoms with Crippen LogP contribution in [0.25, 0.3) is 0 Å². The summed E-state index contributed by atoms with van der Waals surface area (Å²) >= 11 is 3.39. The zero-order valence-corrected chi connectivity index (χ0v) is 11.9. The lowest BCUT2D eigenvalue weighted by Gasteiger charge is -2.24. The SMILES string of the molecule is Nc1nc2c(c(=O)[nH]1)C(c1cccc(Br)c1)CC(=O)N2. The Labute approximate surface area is 122 Å². The van der Waals surface area contributed by atoms with E-state index in [1.807, 2.05) is 24.3 Å². The van der Waals surface area contributed by atoms with Crippen LogP contribution in [-0.2, 0) is 4.79 Å². The van der Waals surface area contributed by atoms with Crippen LogP contribution >= 0.6 is 15.9 Å². The Morgan fingerprint density at radius 3 is 2.90 bits per heavy atom. The summed E-state index contributed by atoms with van der Waals surface area (Å²) in [5.74, 6) is -0.274. The second-order valence-corrected chi connectivity index (χ2v) is 5.49. The molecule has 1 amide bonds. The number of nitrogens with two attached hydrogens (primary N) is 1. The number of nitrogens with zero attached hydrogens (tertiary/aromatic N) is 1. The van der Waals surface area contributed by atoms with E-state index in [0.717, 1.165) is 10.0 Å². The Morgan fingerprint density at radius 1 is 1.35 bits per heavy atom. The maximum Gasteiger partial charge on any atom is 0.258 e. The molecule has 1 aliphatic heterocycles. The number of halogens is 1. The van der Waals surface area contributed by atoms with Crippen LogP contribution in [-0.4, -0.2) is 15.9 Å². The van der Waals surface area contributed by atoms with Crippen LogP contribution in [0.3, 0.4) is 0 Å². The maximum atomic E-state index is 12.1. The van der Waals surface area contributed by atoms with Crippen molar-refractivity contribution >= 4 is 33.6 Å². The lowest BCUT2D eigenvalue weighted by Crippen LogP contribution is -2.31. The molecule has 0 spiro atoms. The first-order chi connectivity index (χ1) is 9.54. The smallest absolute Gasteiger partial charge is 0.258 e. The van der Waals surface area contributed by atoms with E-state index in [0.29, 0.717) is 5.56 Å². The normalized spacial score (nSPS) is 17.4. The van der Waals surface area contributed by atoms with Gasteiger partial charge in [0.05, 0.1) is 5.56 Å². The molecule has 2 aromatic rings. The summed E-state index contributed by atoms with van der Waals surface area (Å²) in [7, 11) is 0. The lowest BCUT2D eigenvalue weighted by atomic mass is 9.87. The molecule has 1 aromatic carbocycles. The third-order valence-electron chi connectivity index (χ3n) is 3.22. The van der Waals surface area contributed by atoms with E-state index in [9.17, 15) is 9.59 Å². The van der Waals surface area contributed by atoms with Crippen molar-refractivity contribution in [2.45, 2.75) is 12.3 Å². The predicted octanol–water partition coefficient (Wildman–Crippen LogP) is 1.59. The molecule has 7 heteroatoms. The summed E-state index contributed by atoms with van der Waals surface area (Å²) in [6, 6.07) is 7.53. The number of nitrogen functional groups attached to an aromatic ring is 1. The van der Waals surface area contributed by atoms with E-state index in [1.165, 1.54) is 0 Å². The predicted molar refractivity (Wildman–Crippen MR) is 78.5 cm³/mol. The Balaban J connectivity index is 2.20. The van der Waals surface area contributed by atoms with Crippen LogP contribution in [0.15, 0.2) is 33.5 Å². The number of rotatable bonds is 1. The molecule has 2 heterocycles. The largest absolute Gasteiger partial charge is 0.369 e. The Morgan fingerprint density at radius 2 is 2.15 bits per heavy atom. The summed E-state index contributed by atoms with van der Waals surface area (Å²) in [5.41, 5.74) is 6.51. The van der Waals surface area contributed by atoms with Crippen LogP contribution in [0.4, 0.5) is 11.8 Å². The van der Waals surface area contributed by atoms with Gasteiger partial charge in [0.25, 0.3) is 5.56 Å². The Kier molecular flexibility index (Phi) is 3.06. The highest BCUT2D eigenvalue weighted by atomic mass is 79.9. The van der Waals surface area contributed by atoms with Crippen LogP contribution in [0.5, 0.6) is 0 Å². The van der Waals surface area contributed by atoms with Crippen molar-refractivity contribution in [3.63, 3.8) is 0 Å². The number of hydrogen-bond donors (Lipinski definition) is 3. The quantitative estimate of drug-likeness (QED) is 0.737. The molecule has 1 atom stereocenters. The number of aromatic amines is 1. The third kappa shape index (κ3) is 2.20. The number of carbonyl (C=O) groups excluding carboxylic acids is 1. The van der Waals surface area contributed by atoms with Gasteiger partial charge in [0.15, 0.2) is 0 Å². The molecule has 1 aromatic heterocycles. The van der Waals surface area contributed by atoms with Gasteiger partial charge >= 0.3 is 0 Å². The standard InChI is InChI=1S/C13H11BrN4O2/c14-7-3-1-2-6(4-7)8-5-9(19)16-11-10(8)12(20)18-13(15)17-11/h1-4,8H,5H2,(H4,15,16,17,18,19,20). The van der Waals surface area contributed by atoms with Crippen molar-refractivity contribution in [3.05, 3.63) is 50.2 Å². The topological polar surface area (TPSA) is 101 Å². The molecule has 0 bridgehead atoms. The molecule has 6 nitrogen and oxygen atoms in total. The average Bonchev–Trinajstić information content (AvgIpc) is 2.36. The van der Waals surface area contributed by atoms with E-state index >= 15 is 0 Å². The molecule has 1 aliphatic rings. The molecule has 0 radical (unpaired) electrons. The van der Waals surface area contributed by atoms with Crippen molar-refractivity contribution < 1.29 is 4.79 Å². The van der Waals surface area contributed by atoms with Gasteiger partial charge in [-0.25, -0.2) is 0 Å². The number of nitrogens with one attached hydrogen (secondary N) is 2. The van der Waals surface area contributed by atoms with E-state index in [2.05, 4.69) is 31.2 Å². The fraction of sp³-hybridized carbons (Fsp3) is 0.154. The first kappa shape index (κ1) is 12.9. The number of benzene rings is 1. The van der Waals surface area contributed by atoms with Crippen LogP contribution < -0.4 is 16.6 Å². The van der Waals surface area contributed by atoms with Crippen molar-refractivity contribution in [1.82, 2.24) is 9.97 Å². The van der Waals surface area contributed by atoms with Crippen LogP contribution in [0.2, 0.25) is 0 Å². The molecule has 0 saturated carbocycles. The number of anilines is 2. The second kappa shape index (κ2) is 4.75. The summed E-state index contributed by atoms with van der Waals surface area (Å²) in [4.78, 5) is 30.4.